The van der Waals surface area contributed by atoms with E-state index in [0.29, 0.717) is 27.7 Å². The van der Waals surface area contributed by atoms with Gasteiger partial charge in [-0.25, -0.2) is 4.79 Å². The van der Waals surface area contributed by atoms with Gasteiger partial charge in [-0.15, -0.1) is 0 Å². The van der Waals surface area contributed by atoms with E-state index in [9.17, 15) is 9.90 Å². The molecule has 0 aliphatic rings. The molecule has 2 heterocycles. The number of hydrogen-bond donors (Lipinski definition) is 1. The van der Waals surface area contributed by atoms with Crippen molar-refractivity contribution in [2.45, 2.75) is 0 Å². The highest BCUT2D eigenvalue weighted by Crippen LogP contribution is 2.37. The first-order valence-corrected chi connectivity index (χ1v) is 5.58. The molecule has 3 rings (SSSR count). The zero-order valence-corrected chi connectivity index (χ0v) is 10.2. The van der Waals surface area contributed by atoms with Crippen molar-refractivity contribution in [1.82, 2.24) is 4.98 Å². The topological polar surface area (TPSA) is 72.6 Å². The van der Waals surface area contributed by atoms with Gasteiger partial charge in [0.2, 0.25) is 0 Å². The monoisotopic (exact) mass is 261 g/mol. The summed E-state index contributed by atoms with van der Waals surface area (Å²) >= 11 is 0. The number of carboxylic acid groups (broad SMARTS) is 1. The van der Waals surface area contributed by atoms with Gasteiger partial charge in [0.25, 0.3) is 0 Å². The van der Waals surface area contributed by atoms with E-state index in [4.69, 9.17) is 8.94 Å². The van der Waals surface area contributed by atoms with E-state index < -0.39 is 5.97 Å². The van der Waals surface area contributed by atoms with Crippen molar-refractivity contribution in [3.8, 4) is 5.75 Å². The third kappa shape index (κ3) is 1.45. The summed E-state index contributed by atoms with van der Waals surface area (Å²) < 4.78 is 10.7. The SMILES string of the molecule is O=C(O)c1ccc(OP)c2oc3ccncc3c12. The highest BCUT2D eigenvalue weighted by molar-refractivity contribution is 7.10. The second kappa shape index (κ2) is 3.96. The fraction of sp³-hybridized carbons (Fsp3) is 0. The van der Waals surface area contributed by atoms with Crippen molar-refractivity contribution in [1.29, 1.82) is 0 Å². The van der Waals surface area contributed by atoms with Crippen molar-refractivity contribution >= 4 is 37.4 Å². The van der Waals surface area contributed by atoms with Crippen LogP contribution in [0.25, 0.3) is 21.9 Å². The van der Waals surface area contributed by atoms with Crippen LogP contribution in [0.2, 0.25) is 0 Å². The Morgan fingerprint density at radius 1 is 1.39 bits per heavy atom. The van der Waals surface area contributed by atoms with E-state index in [2.05, 4.69) is 14.5 Å². The van der Waals surface area contributed by atoms with E-state index in [-0.39, 0.29) is 5.56 Å². The largest absolute Gasteiger partial charge is 0.478 e. The summed E-state index contributed by atoms with van der Waals surface area (Å²) in [5.41, 5.74) is 1.16. The molecule has 1 aromatic carbocycles. The van der Waals surface area contributed by atoms with Gasteiger partial charge in [0.05, 0.1) is 15.0 Å². The minimum atomic E-state index is -1.01. The summed E-state index contributed by atoms with van der Waals surface area (Å²) in [6.07, 6.45) is 3.17. The minimum Gasteiger partial charge on any atom is -0.478 e. The first-order chi connectivity index (χ1) is 8.72. The van der Waals surface area contributed by atoms with E-state index in [1.54, 1.807) is 24.5 Å². The highest BCUT2D eigenvalue weighted by Gasteiger charge is 2.18. The molecular weight excluding hydrogens is 253 g/mol. The second-order valence-electron chi connectivity index (χ2n) is 3.71. The van der Waals surface area contributed by atoms with E-state index >= 15 is 0 Å². The quantitative estimate of drug-likeness (QED) is 0.718. The van der Waals surface area contributed by atoms with Gasteiger partial charge in [-0.1, -0.05) is 0 Å². The van der Waals surface area contributed by atoms with E-state index in [0.717, 1.165) is 0 Å². The van der Waals surface area contributed by atoms with Crippen molar-refractivity contribution in [3.63, 3.8) is 0 Å². The number of carbonyl (C=O) groups is 1. The van der Waals surface area contributed by atoms with Crippen molar-refractivity contribution in [2.24, 2.45) is 0 Å². The second-order valence-corrected chi connectivity index (χ2v) is 3.95. The Morgan fingerprint density at radius 2 is 2.22 bits per heavy atom. The van der Waals surface area contributed by atoms with Crippen LogP contribution < -0.4 is 4.52 Å². The van der Waals surface area contributed by atoms with Gasteiger partial charge in [0, 0.05) is 23.2 Å². The molecule has 1 atom stereocenters. The molecule has 0 radical (unpaired) electrons. The number of benzene rings is 1. The van der Waals surface area contributed by atoms with Gasteiger partial charge in [-0.2, -0.15) is 0 Å². The lowest BCUT2D eigenvalue weighted by Crippen LogP contribution is -1.96. The van der Waals surface area contributed by atoms with Crippen LogP contribution >= 0.6 is 9.47 Å². The number of pyridine rings is 1. The molecule has 6 heteroatoms. The lowest BCUT2D eigenvalue weighted by atomic mass is 10.1. The van der Waals surface area contributed by atoms with Crippen LogP contribution in [0.3, 0.4) is 0 Å². The maximum absolute atomic E-state index is 11.2. The summed E-state index contributed by atoms with van der Waals surface area (Å²) in [4.78, 5) is 15.2. The molecular formula is C12H8NO4P. The average Bonchev–Trinajstić information content (AvgIpc) is 2.76. The number of aromatic carboxylic acids is 1. The third-order valence-corrected chi connectivity index (χ3v) is 3.00. The summed E-state index contributed by atoms with van der Waals surface area (Å²) in [6, 6.07) is 4.74. The van der Waals surface area contributed by atoms with Crippen LogP contribution in [0, 0.1) is 0 Å². The Balaban J connectivity index is 2.56. The zero-order chi connectivity index (χ0) is 12.7. The van der Waals surface area contributed by atoms with Gasteiger partial charge >= 0.3 is 5.97 Å². The van der Waals surface area contributed by atoms with Crippen LogP contribution in [-0.4, -0.2) is 16.1 Å². The van der Waals surface area contributed by atoms with Gasteiger partial charge in [-0.05, 0) is 18.2 Å². The number of rotatable bonds is 2. The van der Waals surface area contributed by atoms with Crippen LogP contribution in [-0.2, 0) is 0 Å². The Bertz CT molecular complexity index is 765. The van der Waals surface area contributed by atoms with Gasteiger partial charge in [0.15, 0.2) is 11.3 Å². The molecule has 18 heavy (non-hydrogen) atoms. The first kappa shape index (κ1) is 11.0. The van der Waals surface area contributed by atoms with Crippen LogP contribution in [0.5, 0.6) is 5.75 Å². The average molecular weight is 261 g/mol. The molecule has 0 saturated heterocycles. The fourth-order valence-electron chi connectivity index (χ4n) is 1.97. The molecule has 5 nitrogen and oxygen atoms in total. The maximum atomic E-state index is 11.2. The van der Waals surface area contributed by atoms with Crippen LogP contribution in [0.4, 0.5) is 0 Å². The lowest BCUT2D eigenvalue weighted by molar-refractivity contribution is 0.0699. The molecule has 0 spiro atoms. The number of hydrogen-bond acceptors (Lipinski definition) is 4. The van der Waals surface area contributed by atoms with Crippen molar-refractivity contribution in [3.05, 3.63) is 36.2 Å². The summed E-state index contributed by atoms with van der Waals surface area (Å²) in [6.45, 7) is 0. The molecule has 0 amide bonds. The molecule has 0 aliphatic carbocycles. The molecule has 0 aliphatic heterocycles. The van der Waals surface area contributed by atoms with Crippen LogP contribution in [0.15, 0.2) is 35.0 Å². The predicted octanol–water partition coefficient (Wildman–Crippen LogP) is 2.85. The summed E-state index contributed by atoms with van der Waals surface area (Å²) in [7, 11) is 2.12. The molecule has 0 saturated carbocycles. The molecule has 0 fully saturated rings. The van der Waals surface area contributed by atoms with Crippen molar-refractivity contribution < 1.29 is 18.8 Å². The normalized spacial score (nSPS) is 10.9. The molecule has 1 N–H and O–H groups in total. The number of aromatic nitrogens is 1. The lowest BCUT2D eigenvalue weighted by Gasteiger charge is -2.02. The van der Waals surface area contributed by atoms with E-state index in [1.165, 1.54) is 6.07 Å². The fourth-order valence-corrected chi connectivity index (χ4v) is 2.16. The maximum Gasteiger partial charge on any atom is 0.336 e. The zero-order valence-electron chi connectivity index (χ0n) is 9.08. The summed E-state index contributed by atoms with van der Waals surface area (Å²) in [5.74, 6) is -0.543. The van der Waals surface area contributed by atoms with E-state index in [1.807, 2.05) is 0 Å². The molecule has 2 aromatic heterocycles. The Kier molecular flexibility index (Phi) is 2.42. The standard InChI is InChI=1S/C12H8NO4P/c14-12(15)6-1-2-9(17-18)11-10(6)7-5-13-4-3-8(7)16-11/h1-5H,18H2,(H,14,15). The van der Waals surface area contributed by atoms with Crippen LogP contribution in [0.1, 0.15) is 10.4 Å². The van der Waals surface area contributed by atoms with Gasteiger partial charge in [0.1, 0.15) is 5.58 Å². The van der Waals surface area contributed by atoms with Gasteiger partial charge in [-0.3, -0.25) is 4.98 Å². The predicted molar refractivity (Wildman–Crippen MR) is 68.8 cm³/mol. The number of fused-ring (bicyclic) bond motifs is 3. The molecule has 3 aromatic rings. The van der Waals surface area contributed by atoms with Crippen molar-refractivity contribution in [2.75, 3.05) is 0 Å². The number of nitrogens with zero attached hydrogens (tertiary/aromatic N) is 1. The Hall–Kier alpha value is -2.13. The summed E-state index contributed by atoms with van der Waals surface area (Å²) in [5, 5.41) is 10.4. The Labute approximate surface area is 104 Å². The number of carboxylic acids is 1. The minimum absolute atomic E-state index is 0.169. The molecule has 0 bridgehead atoms. The smallest absolute Gasteiger partial charge is 0.336 e. The van der Waals surface area contributed by atoms with Gasteiger partial charge < -0.3 is 14.0 Å². The molecule has 1 unspecified atom stereocenters. The first-order valence-electron chi connectivity index (χ1n) is 5.11. The third-order valence-electron chi connectivity index (χ3n) is 2.74. The molecule has 90 valence electrons. The Morgan fingerprint density at radius 3 is 2.94 bits per heavy atom. The number of furan rings is 1. The highest BCUT2D eigenvalue weighted by atomic mass is 31.0.